The zero-order chi connectivity index (χ0) is 22.1. The van der Waals surface area contributed by atoms with Crippen LogP contribution in [-0.4, -0.2) is 25.7 Å². The van der Waals surface area contributed by atoms with Gasteiger partial charge in [0.1, 0.15) is 27.5 Å². The van der Waals surface area contributed by atoms with E-state index in [1.165, 1.54) is 16.3 Å². The number of nitrogens with one attached hydrogen (secondary N) is 1. The molecule has 160 valence electrons. The van der Waals surface area contributed by atoms with Crippen molar-refractivity contribution in [2.75, 3.05) is 5.32 Å². The lowest BCUT2D eigenvalue weighted by atomic mass is 10.0. The largest absolute Gasteiger partial charge is 0.467 e. The molecule has 1 amide bonds. The summed E-state index contributed by atoms with van der Waals surface area (Å²) < 4.78 is 7.34. The van der Waals surface area contributed by atoms with Gasteiger partial charge in [-0.2, -0.15) is 5.26 Å². The van der Waals surface area contributed by atoms with Gasteiger partial charge in [0.05, 0.1) is 17.7 Å². The van der Waals surface area contributed by atoms with E-state index in [1.54, 1.807) is 37.3 Å². The van der Waals surface area contributed by atoms with Crippen LogP contribution in [0.15, 0.2) is 32.5 Å². The lowest BCUT2D eigenvalue weighted by molar-refractivity contribution is -0.123. The van der Waals surface area contributed by atoms with Crippen LogP contribution < -0.4 is 10.9 Å². The number of carbonyl (C=O) groups is 1. The fourth-order valence-electron chi connectivity index (χ4n) is 4.12. The molecule has 4 rings (SSSR count). The molecule has 0 unspecified atom stereocenters. The molecule has 2 fully saturated rings. The summed E-state index contributed by atoms with van der Waals surface area (Å²) in [6.45, 7) is 2.08. The molecule has 7 nitrogen and oxygen atoms in total. The van der Waals surface area contributed by atoms with Crippen molar-refractivity contribution in [1.82, 2.24) is 9.47 Å². The topological polar surface area (TPSA) is 91.3 Å². The van der Waals surface area contributed by atoms with Crippen LogP contribution in [0.25, 0.3) is 6.08 Å². The number of furan rings is 1. The molecular formula is C22H22N4O3S2. The first-order valence-electron chi connectivity index (χ1n) is 10.1. The molecule has 9 heteroatoms. The van der Waals surface area contributed by atoms with Gasteiger partial charge >= 0.3 is 0 Å². The lowest BCUT2D eigenvalue weighted by Crippen LogP contribution is -2.36. The molecule has 0 spiro atoms. The van der Waals surface area contributed by atoms with Crippen LogP contribution in [0.3, 0.4) is 0 Å². The number of thiocarbonyl (C=S) groups is 1. The number of hydrogen-bond donors (Lipinski definition) is 1. The van der Waals surface area contributed by atoms with Crippen molar-refractivity contribution in [3.8, 4) is 6.07 Å². The van der Waals surface area contributed by atoms with E-state index >= 15 is 0 Å². The molecule has 31 heavy (non-hydrogen) atoms. The number of aromatic nitrogens is 1. The third-order valence-corrected chi connectivity index (χ3v) is 7.13. The average Bonchev–Trinajstić information content (AvgIpc) is 3.49. The Labute approximate surface area is 189 Å². The van der Waals surface area contributed by atoms with E-state index in [2.05, 4.69) is 5.32 Å². The second kappa shape index (κ2) is 8.73. The SMILES string of the molecule is Cc1c(/C=C2\SC(=S)N(C3CCCC3)C2=O)c(NCc2ccco2)n(C)c(=O)c1C#N. The van der Waals surface area contributed by atoms with Crippen LogP contribution in [0.5, 0.6) is 0 Å². The first kappa shape index (κ1) is 21.4. The molecule has 1 aliphatic heterocycles. The minimum atomic E-state index is -0.391. The summed E-state index contributed by atoms with van der Waals surface area (Å²) in [5.74, 6) is 1.11. The predicted molar refractivity (Wildman–Crippen MR) is 124 cm³/mol. The smallest absolute Gasteiger partial charge is 0.270 e. The van der Waals surface area contributed by atoms with Crippen molar-refractivity contribution >= 4 is 46.1 Å². The third kappa shape index (κ3) is 3.93. The highest BCUT2D eigenvalue weighted by Crippen LogP contribution is 2.39. The van der Waals surface area contributed by atoms with E-state index in [4.69, 9.17) is 16.6 Å². The van der Waals surface area contributed by atoms with Crippen LogP contribution in [0.1, 0.15) is 48.1 Å². The van der Waals surface area contributed by atoms with Crippen molar-refractivity contribution in [2.24, 2.45) is 7.05 Å². The van der Waals surface area contributed by atoms with Gasteiger partial charge in [0, 0.05) is 18.7 Å². The summed E-state index contributed by atoms with van der Waals surface area (Å²) in [6, 6.07) is 5.78. The van der Waals surface area contributed by atoms with Gasteiger partial charge in [-0.05, 0) is 43.5 Å². The third-order valence-electron chi connectivity index (χ3n) is 5.80. The lowest BCUT2D eigenvalue weighted by Gasteiger charge is -2.22. The van der Waals surface area contributed by atoms with Gasteiger partial charge in [0.2, 0.25) is 0 Å². The Hall–Kier alpha value is -2.83. The van der Waals surface area contributed by atoms with E-state index in [-0.39, 0.29) is 17.5 Å². The van der Waals surface area contributed by atoms with Gasteiger partial charge in [0.15, 0.2) is 0 Å². The highest BCUT2D eigenvalue weighted by atomic mass is 32.2. The molecule has 2 aromatic heterocycles. The second-order valence-electron chi connectivity index (χ2n) is 7.66. The van der Waals surface area contributed by atoms with E-state index < -0.39 is 5.56 Å². The number of pyridine rings is 1. The molecule has 3 heterocycles. The number of nitriles is 1. The molecule has 1 aliphatic carbocycles. The molecule has 1 saturated heterocycles. The zero-order valence-electron chi connectivity index (χ0n) is 17.3. The Morgan fingerprint density at radius 2 is 2.13 bits per heavy atom. The Kier molecular flexibility index (Phi) is 6.03. The minimum absolute atomic E-state index is 0.0589. The Bertz CT molecular complexity index is 1170. The summed E-state index contributed by atoms with van der Waals surface area (Å²) in [5.41, 5.74) is 0.817. The summed E-state index contributed by atoms with van der Waals surface area (Å²) in [4.78, 5) is 28.1. The summed E-state index contributed by atoms with van der Waals surface area (Å²) in [6.07, 6.45) is 7.46. The molecule has 0 aromatic carbocycles. The summed E-state index contributed by atoms with van der Waals surface area (Å²) in [7, 11) is 1.61. The van der Waals surface area contributed by atoms with Crippen molar-refractivity contribution < 1.29 is 9.21 Å². The van der Waals surface area contributed by atoms with E-state index in [1.807, 2.05) is 12.1 Å². The Morgan fingerprint density at radius 3 is 2.77 bits per heavy atom. The minimum Gasteiger partial charge on any atom is -0.467 e. The first-order chi connectivity index (χ1) is 14.9. The molecule has 0 atom stereocenters. The molecule has 1 N–H and O–H groups in total. The maximum Gasteiger partial charge on any atom is 0.270 e. The van der Waals surface area contributed by atoms with E-state index in [9.17, 15) is 14.9 Å². The number of amides is 1. The van der Waals surface area contributed by atoms with E-state index in [0.29, 0.717) is 38.5 Å². The Morgan fingerprint density at radius 1 is 1.39 bits per heavy atom. The number of rotatable bonds is 5. The van der Waals surface area contributed by atoms with Gasteiger partial charge in [0.25, 0.3) is 11.5 Å². The molecule has 2 aliphatic rings. The predicted octanol–water partition coefficient (Wildman–Crippen LogP) is 3.91. The van der Waals surface area contributed by atoms with Crippen molar-refractivity contribution in [1.29, 1.82) is 5.26 Å². The van der Waals surface area contributed by atoms with E-state index in [0.717, 1.165) is 25.7 Å². The number of thioether (sulfide) groups is 1. The quantitative estimate of drug-likeness (QED) is 0.541. The van der Waals surface area contributed by atoms with Gasteiger partial charge in [-0.25, -0.2) is 0 Å². The van der Waals surface area contributed by atoms with Crippen LogP contribution in [-0.2, 0) is 18.4 Å². The van der Waals surface area contributed by atoms with Crippen molar-refractivity contribution in [3.05, 3.63) is 56.1 Å². The standard InChI is InChI=1S/C22H22N4O3S2/c1-13-16(10-18-21(28)26(22(30)31-18)14-6-3-4-7-14)19(24-12-15-8-5-9-29-15)25(2)20(27)17(13)11-23/h5,8-10,14,24H,3-4,6-7,12H2,1-2H3/b18-10-. The van der Waals surface area contributed by atoms with Gasteiger partial charge in [-0.1, -0.05) is 36.8 Å². The second-order valence-corrected chi connectivity index (χ2v) is 9.34. The molecule has 2 aromatic rings. The maximum atomic E-state index is 13.2. The van der Waals surface area contributed by atoms with Crippen LogP contribution in [0.4, 0.5) is 5.82 Å². The first-order valence-corrected chi connectivity index (χ1v) is 11.3. The fraction of sp³-hybridized carbons (Fsp3) is 0.364. The zero-order valence-corrected chi connectivity index (χ0v) is 18.9. The van der Waals surface area contributed by atoms with Gasteiger partial charge < -0.3 is 9.73 Å². The summed E-state index contributed by atoms with van der Waals surface area (Å²) >= 11 is 6.78. The van der Waals surface area contributed by atoms with Gasteiger partial charge in [-0.3, -0.25) is 19.1 Å². The average molecular weight is 455 g/mol. The van der Waals surface area contributed by atoms with Crippen molar-refractivity contribution in [2.45, 2.75) is 45.2 Å². The van der Waals surface area contributed by atoms with Crippen LogP contribution >= 0.6 is 24.0 Å². The highest BCUT2D eigenvalue weighted by Gasteiger charge is 2.38. The van der Waals surface area contributed by atoms with Crippen molar-refractivity contribution in [3.63, 3.8) is 0 Å². The molecule has 0 bridgehead atoms. The molecule has 0 radical (unpaired) electrons. The number of hydrogen-bond acceptors (Lipinski definition) is 7. The molecular weight excluding hydrogens is 432 g/mol. The van der Waals surface area contributed by atoms with Crippen LogP contribution in [0.2, 0.25) is 0 Å². The fourth-order valence-corrected chi connectivity index (χ4v) is 5.50. The number of anilines is 1. The highest BCUT2D eigenvalue weighted by molar-refractivity contribution is 8.26. The molecule has 1 saturated carbocycles. The normalized spacial score (nSPS) is 18.2. The number of nitrogens with zero attached hydrogens (tertiary/aromatic N) is 3. The monoisotopic (exact) mass is 454 g/mol. The summed E-state index contributed by atoms with van der Waals surface area (Å²) in [5, 5.41) is 12.8. The maximum absolute atomic E-state index is 13.2. The Balaban J connectivity index is 1.76. The van der Waals surface area contributed by atoms with Gasteiger partial charge in [-0.15, -0.1) is 0 Å². The van der Waals surface area contributed by atoms with Crippen LogP contribution in [0, 0.1) is 18.3 Å². The number of carbonyl (C=O) groups excluding carboxylic acids is 1.